The van der Waals surface area contributed by atoms with Crippen molar-refractivity contribution in [2.75, 3.05) is 12.3 Å². The smallest absolute Gasteiger partial charge is 0.339 e. The van der Waals surface area contributed by atoms with Crippen LogP contribution in [-0.2, 0) is 0 Å². The second kappa shape index (κ2) is 4.00. The Balaban J connectivity index is 3.30. The molecule has 1 rings (SSSR count). The number of hydrogen-bond donors (Lipinski definition) is 2. The van der Waals surface area contributed by atoms with Gasteiger partial charge in [0, 0.05) is 5.69 Å². The lowest BCUT2D eigenvalue weighted by molar-refractivity contribution is 0.0692. The SMILES string of the molecule is CCOc1ccc(N)c(C)c1C(=O)O. The summed E-state index contributed by atoms with van der Waals surface area (Å²) in [6.45, 7) is 3.91. The van der Waals surface area contributed by atoms with Crippen molar-refractivity contribution in [1.82, 2.24) is 0 Å². The van der Waals surface area contributed by atoms with Crippen molar-refractivity contribution in [3.63, 3.8) is 0 Å². The summed E-state index contributed by atoms with van der Waals surface area (Å²) < 4.78 is 5.20. The summed E-state index contributed by atoms with van der Waals surface area (Å²) in [6.07, 6.45) is 0. The Hall–Kier alpha value is -1.71. The molecule has 3 N–H and O–H groups in total. The maximum absolute atomic E-state index is 10.9. The third-order valence-electron chi connectivity index (χ3n) is 1.98. The van der Waals surface area contributed by atoms with Gasteiger partial charge >= 0.3 is 5.97 Å². The van der Waals surface area contributed by atoms with E-state index in [4.69, 9.17) is 15.6 Å². The van der Waals surface area contributed by atoms with Gasteiger partial charge in [0.1, 0.15) is 11.3 Å². The largest absolute Gasteiger partial charge is 0.493 e. The van der Waals surface area contributed by atoms with Crippen LogP contribution < -0.4 is 10.5 Å². The lowest BCUT2D eigenvalue weighted by Gasteiger charge is -2.10. The van der Waals surface area contributed by atoms with Gasteiger partial charge in [-0.05, 0) is 31.5 Å². The molecule has 0 aromatic heterocycles. The van der Waals surface area contributed by atoms with Gasteiger partial charge in [0.2, 0.25) is 0 Å². The van der Waals surface area contributed by atoms with Gasteiger partial charge in [0.15, 0.2) is 0 Å². The Bertz CT molecular complexity index is 361. The molecule has 4 heteroatoms. The van der Waals surface area contributed by atoms with E-state index in [1.54, 1.807) is 26.0 Å². The molecular weight excluding hydrogens is 182 g/mol. The zero-order valence-corrected chi connectivity index (χ0v) is 8.20. The van der Waals surface area contributed by atoms with E-state index in [0.29, 0.717) is 23.6 Å². The van der Waals surface area contributed by atoms with E-state index in [0.717, 1.165) is 0 Å². The fourth-order valence-corrected chi connectivity index (χ4v) is 1.24. The molecule has 0 spiro atoms. The van der Waals surface area contributed by atoms with Crippen LogP contribution >= 0.6 is 0 Å². The van der Waals surface area contributed by atoms with Crippen molar-refractivity contribution < 1.29 is 14.6 Å². The van der Waals surface area contributed by atoms with Crippen LogP contribution in [0.25, 0.3) is 0 Å². The molecule has 0 bridgehead atoms. The third-order valence-corrected chi connectivity index (χ3v) is 1.98. The van der Waals surface area contributed by atoms with Gasteiger partial charge in [-0.1, -0.05) is 0 Å². The van der Waals surface area contributed by atoms with Crippen molar-refractivity contribution >= 4 is 11.7 Å². The van der Waals surface area contributed by atoms with Crippen molar-refractivity contribution in [3.8, 4) is 5.75 Å². The highest BCUT2D eigenvalue weighted by molar-refractivity contribution is 5.94. The van der Waals surface area contributed by atoms with Crippen molar-refractivity contribution in [2.45, 2.75) is 13.8 Å². The molecule has 0 unspecified atom stereocenters. The monoisotopic (exact) mass is 195 g/mol. The van der Waals surface area contributed by atoms with Crippen LogP contribution in [0.15, 0.2) is 12.1 Å². The predicted octanol–water partition coefficient (Wildman–Crippen LogP) is 1.67. The van der Waals surface area contributed by atoms with Gasteiger partial charge in [-0.25, -0.2) is 4.79 Å². The first-order chi connectivity index (χ1) is 6.57. The van der Waals surface area contributed by atoms with E-state index < -0.39 is 5.97 Å². The van der Waals surface area contributed by atoms with Crippen LogP contribution in [0.5, 0.6) is 5.75 Å². The van der Waals surface area contributed by atoms with Crippen LogP contribution in [0, 0.1) is 6.92 Å². The molecule has 4 nitrogen and oxygen atoms in total. The Kier molecular flexibility index (Phi) is 2.96. The van der Waals surface area contributed by atoms with E-state index in [2.05, 4.69) is 0 Å². The quantitative estimate of drug-likeness (QED) is 0.719. The average molecular weight is 195 g/mol. The fourth-order valence-electron chi connectivity index (χ4n) is 1.24. The molecule has 1 aromatic rings. The fraction of sp³-hybridized carbons (Fsp3) is 0.300. The van der Waals surface area contributed by atoms with E-state index in [1.165, 1.54) is 0 Å². The molecule has 0 heterocycles. The number of carbonyl (C=O) groups is 1. The van der Waals surface area contributed by atoms with E-state index in [9.17, 15) is 4.79 Å². The van der Waals surface area contributed by atoms with Crippen LogP contribution in [-0.4, -0.2) is 17.7 Å². The topological polar surface area (TPSA) is 72.5 Å². The summed E-state index contributed by atoms with van der Waals surface area (Å²) in [7, 11) is 0. The van der Waals surface area contributed by atoms with Crippen LogP contribution in [0.3, 0.4) is 0 Å². The molecule has 0 radical (unpaired) electrons. The molecule has 0 saturated carbocycles. The second-order valence-electron chi connectivity index (χ2n) is 2.89. The molecule has 0 aliphatic heterocycles. The van der Waals surface area contributed by atoms with Crippen LogP contribution in [0.4, 0.5) is 5.69 Å². The van der Waals surface area contributed by atoms with Gasteiger partial charge in [0.25, 0.3) is 0 Å². The van der Waals surface area contributed by atoms with Crippen molar-refractivity contribution in [1.29, 1.82) is 0 Å². The first-order valence-corrected chi connectivity index (χ1v) is 4.33. The summed E-state index contributed by atoms with van der Waals surface area (Å²) in [5, 5.41) is 8.96. The molecule has 0 saturated heterocycles. The van der Waals surface area contributed by atoms with Gasteiger partial charge in [-0.15, -0.1) is 0 Å². The maximum atomic E-state index is 10.9. The number of benzene rings is 1. The molecule has 0 aliphatic rings. The normalized spacial score (nSPS) is 9.86. The highest BCUT2D eigenvalue weighted by atomic mass is 16.5. The van der Waals surface area contributed by atoms with E-state index in [1.807, 2.05) is 0 Å². The molecule has 76 valence electrons. The highest BCUT2D eigenvalue weighted by Gasteiger charge is 2.15. The Morgan fingerprint density at radius 1 is 1.57 bits per heavy atom. The number of hydrogen-bond acceptors (Lipinski definition) is 3. The van der Waals surface area contributed by atoms with Gasteiger partial charge in [-0.2, -0.15) is 0 Å². The number of ether oxygens (including phenoxy) is 1. The van der Waals surface area contributed by atoms with E-state index >= 15 is 0 Å². The van der Waals surface area contributed by atoms with Crippen LogP contribution in [0.1, 0.15) is 22.8 Å². The van der Waals surface area contributed by atoms with Crippen molar-refractivity contribution in [3.05, 3.63) is 23.3 Å². The lowest BCUT2D eigenvalue weighted by Crippen LogP contribution is -2.07. The zero-order valence-electron chi connectivity index (χ0n) is 8.20. The van der Waals surface area contributed by atoms with Gasteiger partial charge in [-0.3, -0.25) is 0 Å². The predicted molar refractivity (Wildman–Crippen MR) is 53.7 cm³/mol. The highest BCUT2D eigenvalue weighted by Crippen LogP contribution is 2.26. The number of aromatic carboxylic acids is 1. The first kappa shape index (κ1) is 10.4. The lowest BCUT2D eigenvalue weighted by atomic mass is 10.1. The number of anilines is 1. The van der Waals surface area contributed by atoms with Gasteiger partial charge in [0.05, 0.1) is 6.61 Å². The molecule has 0 amide bonds. The molecule has 1 aromatic carbocycles. The molecule has 14 heavy (non-hydrogen) atoms. The first-order valence-electron chi connectivity index (χ1n) is 4.33. The molecule has 0 fully saturated rings. The maximum Gasteiger partial charge on any atom is 0.339 e. The molecular formula is C10H13NO3. The molecule has 0 aliphatic carbocycles. The number of nitrogen functional groups attached to an aromatic ring is 1. The molecule has 0 atom stereocenters. The van der Waals surface area contributed by atoms with Crippen LogP contribution in [0.2, 0.25) is 0 Å². The third kappa shape index (κ3) is 1.79. The standard InChI is InChI=1S/C10H13NO3/c1-3-14-8-5-4-7(11)6(2)9(8)10(12)13/h4-5H,3,11H2,1-2H3,(H,12,13). The summed E-state index contributed by atoms with van der Waals surface area (Å²) in [5.74, 6) is -0.648. The Morgan fingerprint density at radius 3 is 2.71 bits per heavy atom. The Labute approximate surface area is 82.3 Å². The summed E-state index contributed by atoms with van der Waals surface area (Å²) >= 11 is 0. The average Bonchev–Trinajstić information content (AvgIpc) is 2.11. The number of nitrogens with two attached hydrogens (primary N) is 1. The number of carboxylic acid groups (broad SMARTS) is 1. The van der Waals surface area contributed by atoms with Gasteiger partial charge < -0.3 is 15.6 Å². The summed E-state index contributed by atoms with van der Waals surface area (Å²) in [6, 6.07) is 3.22. The van der Waals surface area contributed by atoms with E-state index in [-0.39, 0.29) is 5.56 Å². The second-order valence-corrected chi connectivity index (χ2v) is 2.89. The van der Waals surface area contributed by atoms with Crippen molar-refractivity contribution in [2.24, 2.45) is 0 Å². The Morgan fingerprint density at radius 2 is 2.21 bits per heavy atom. The minimum Gasteiger partial charge on any atom is -0.493 e. The number of rotatable bonds is 3. The minimum absolute atomic E-state index is 0.145. The summed E-state index contributed by atoms with van der Waals surface area (Å²) in [4.78, 5) is 10.9. The summed E-state index contributed by atoms with van der Waals surface area (Å²) in [5.41, 5.74) is 6.76. The zero-order chi connectivity index (χ0) is 10.7. The minimum atomic E-state index is -1.02. The number of carboxylic acids is 1.